The third-order valence-corrected chi connectivity index (χ3v) is 7.25. The van der Waals surface area contributed by atoms with E-state index in [-0.39, 0.29) is 5.56 Å². The van der Waals surface area contributed by atoms with Crippen LogP contribution in [0.25, 0.3) is 27.6 Å². The number of carbonyl (C=O) groups excluding carboxylic acids is 1. The van der Waals surface area contributed by atoms with Crippen molar-refractivity contribution in [2.24, 2.45) is 11.4 Å². The largest absolute Gasteiger partial charge is 0.416 e. The lowest BCUT2D eigenvalue weighted by Crippen LogP contribution is -2.17. The van der Waals surface area contributed by atoms with Crippen LogP contribution in [0.1, 0.15) is 22.3 Å². The molecule has 1 unspecified atom stereocenters. The summed E-state index contributed by atoms with van der Waals surface area (Å²) < 4.78 is 59.3. The van der Waals surface area contributed by atoms with Crippen LogP contribution in [-0.4, -0.2) is 62.0 Å². The molecule has 0 fully saturated rings. The Bertz CT molecular complexity index is 1520. The molecule has 35 heavy (non-hydrogen) atoms. The van der Waals surface area contributed by atoms with Crippen LogP contribution in [0.5, 0.6) is 0 Å². The number of halogens is 3. The van der Waals surface area contributed by atoms with Crippen molar-refractivity contribution in [3.63, 3.8) is 0 Å². The van der Waals surface area contributed by atoms with Crippen molar-refractivity contribution in [3.05, 3.63) is 59.8 Å². The highest BCUT2D eigenvalue weighted by molar-refractivity contribution is 7.93. The molecule has 0 saturated heterocycles. The van der Waals surface area contributed by atoms with Gasteiger partial charge in [-0.3, -0.25) is 14.0 Å². The second kappa shape index (κ2) is 9.12. The first-order valence-corrected chi connectivity index (χ1v) is 13.0. The van der Waals surface area contributed by atoms with E-state index in [1.807, 2.05) is 19.0 Å². The highest BCUT2D eigenvalue weighted by Crippen LogP contribution is 2.34. The summed E-state index contributed by atoms with van der Waals surface area (Å²) in [6, 6.07) is 9.81. The van der Waals surface area contributed by atoms with Gasteiger partial charge in [-0.15, -0.1) is 0 Å². The molecule has 7 nitrogen and oxygen atoms in total. The van der Waals surface area contributed by atoms with Crippen LogP contribution in [0.2, 0.25) is 0 Å². The fraction of sp³-hybridized carbons (Fsp3) is 0.333. The molecular formula is C24H26F3N5O2S. The summed E-state index contributed by atoms with van der Waals surface area (Å²) in [6.07, 6.45) is -0.501. The number of rotatable bonds is 6. The average Bonchev–Trinajstić information content (AvgIpc) is 3.26. The maximum absolute atomic E-state index is 13.0. The second-order valence-corrected chi connectivity index (χ2v) is 11.4. The summed E-state index contributed by atoms with van der Waals surface area (Å²) >= 11 is 0. The van der Waals surface area contributed by atoms with Crippen molar-refractivity contribution in [2.75, 3.05) is 32.6 Å². The molecule has 2 heterocycles. The molecule has 0 aliphatic carbocycles. The zero-order valence-corrected chi connectivity index (χ0v) is 20.7. The molecule has 4 aromatic rings. The Kier molecular flexibility index (Phi) is 6.50. The molecule has 2 aromatic heterocycles. The molecule has 1 amide bonds. The Labute approximate surface area is 201 Å². The normalized spacial score (nSPS) is 14.1. The molecular weight excluding hydrogens is 479 g/mol. The molecule has 0 aliphatic heterocycles. The van der Waals surface area contributed by atoms with Gasteiger partial charge in [-0.05, 0) is 69.5 Å². The van der Waals surface area contributed by atoms with Crippen LogP contribution in [0.15, 0.2) is 53.0 Å². The lowest BCUT2D eigenvalue weighted by molar-refractivity contribution is -0.137. The van der Waals surface area contributed by atoms with Gasteiger partial charge >= 0.3 is 6.18 Å². The second-order valence-electron chi connectivity index (χ2n) is 8.87. The summed E-state index contributed by atoms with van der Waals surface area (Å²) in [7, 11) is 2.90. The van der Waals surface area contributed by atoms with Crippen LogP contribution < -0.4 is 0 Å². The van der Waals surface area contributed by atoms with E-state index in [1.54, 1.807) is 40.7 Å². The van der Waals surface area contributed by atoms with Crippen LogP contribution >= 0.6 is 0 Å². The molecule has 0 N–H and O–H groups in total. The first kappa shape index (κ1) is 24.9. The van der Waals surface area contributed by atoms with E-state index < -0.39 is 27.4 Å². The number of hydrogen-bond acceptors (Lipinski definition) is 4. The predicted molar refractivity (Wildman–Crippen MR) is 131 cm³/mol. The molecule has 0 bridgehead atoms. The van der Waals surface area contributed by atoms with E-state index in [1.165, 1.54) is 18.4 Å². The molecule has 11 heteroatoms. The number of aryl methyl sites for hydroxylation is 1. The Balaban J connectivity index is 1.76. The fourth-order valence-electron chi connectivity index (χ4n) is 4.01. The van der Waals surface area contributed by atoms with E-state index in [0.29, 0.717) is 34.4 Å². The molecule has 0 aliphatic rings. The van der Waals surface area contributed by atoms with Gasteiger partial charge in [-0.2, -0.15) is 22.6 Å². The highest BCUT2D eigenvalue weighted by Gasteiger charge is 2.30. The summed E-state index contributed by atoms with van der Waals surface area (Å²) in [4.78, 5) is 14.8. The highest BCUT2D eigenvalue weighted by atomic mass is 32.2. The molecule has 4 rings (SSSR count). The topological polar surface area (TPSA) is 72.5 Å². The van der Waals surface area contributed by atoms with Gasteiger partial charge in [0.2, 0.25) is 0 Å². The van der Waals surface area contributed by atoms with Crippen LogP contribution in [0.4, 0.5) is 13.2 Å². The minimum Gasteiger partial charge on any atom is -0.309 e. The summed E-state index contributed by atoms with van der Waals surface area (Å²) in [5.41, 5.74) is 1.29. The molecule has 0 radical (unpaired) electrons. The quantitative estimate of drug-likeness (QED) is 0.380. The summed E-state index contributed by atoms with van der Waals surface area (Å²) in [5.74, 6) is -0.250. The maximum Gasteiger partial charge on any atom is 0.416 e. The van der Waals surface area contributed by atoms with Crippen molar-refractivity contribution < 1.29 is 22.2 Å². The maximum atomic E-state index is 13.0. The van der Waals surface area contributed by atoms with E-state index in [2.05, 4.69) is 9.46 Å². The molecule has 0 spiro atoms. The minimum atomic E-state index is -4.43. The standard InChI is InChI=1S/C24H26F3N5O2S/c1-30(2)12-5-13-35(4,34)29-23(33)16-6-11-21-19(14-16)20-15-31(3)28-22(20)32(21)18-9-7-17(8-10-18)24(25,26)27/h6-11,14-15H,5,12-13H2,1-4H3. The Morgan fingerprint density at radius 2 is 1.80 bits per heavy atom. The number of hydrogen-bond donors (Lipinski definition) is 0. The zero-order chi connectivity index (χ0) is 25.5. The summed E-state index contributed by atoms with van der Waals surface area (Å²) in [6.45, 7) is 0.747. The van der Waals surface area contributed by atoms with Crippen molar-refractivity contribution in [1.82, 2.24) is 19.2 Å². The number of fused-ring (bicyclic) bond motifs is 3. The van der Waals surface area contributed by atoms with Gasteiger partial charge in [-0.1, -0.05) is 0 Å². The minimum absolute atomic E-state index is 0.287. The van der Waals surface area contributed by atoms with Crippen LogP contribution in [-0.2, 0) is 23.0 Å². The van der Waals surface area contributed by atoms with E-state index in [4.69, 9.17) is 0 Å². The number of benzene rings is 2. The van der Waals surface area contributed by atoms with E-state index in [0.717, 1.165) is 24.1 Å². The SMILES string of the molecule is CN(C)CCCS(C)(=O)=NC(=O)c1ccc2c(c1)c1cn(C)nc1n2-c1ccc(C(F)(F)F)cc1. The van der Waals surface area contributed by atoms with Crippen LogP contribution in [0.3, 0.4) is 0 Å². The number of nitrogens with zero attached hydrogens (tertiary/aromatic N) is 5. The van der Waals surface area contributed by atoms with Gasteiger partial charge in [0, 0.05) is 47.3 Å². The first-order chi connectivity index (χ1) is 16.4. The number of amides is 1. The average molecular weight is 506 g/mol. The number of alkyl halides is 3. The van der Waals surface area contributed by atoms with Crippen LogP contribution in [0, 0.1) is 0 Å². The lowest BCUT2D eigenvalue weighted by atomic mass is 10.1. The fourth-order valence-corrected chi connectivity index (χ4v) is 5.22. The Hall–Kier alpha value is -3.18. The molecule has 1 atom stereocenters. The van der Waals surface area contributed by atoms with Gasteiger partial charge in [0.1, 0.15) is 0 Å². The van der Waals surface area contributed by atoms with Gasteiger partial charge in [0.25, 0.3) is 5.91 Å². The molecule has 186 valence electrons. The van der Waals surface area contributed by atoms with Crippen molar-refractivity contribution in [2.45, 2.75) is 12.6 Å². The van der Waals surface area contributed by atoms with Gasteiger partial charge < -0.3 is 4.90 Å². The molecule has 0 saturated carbocycles. The smallest absolute Gasteiger partial charge is 0.309 e. The lowest BCUT2D eigenvalue weighted by Gasteiger charge is -2.10. The number of carbonyl (C=O) groups is 1. The third-order valence-electron chi connectivity index (χ3n) is 5.65. The van der Waals surface area contributed by atoms with Gasteiger partial charge in [-0.25, -0.2) is 4.21 Å². The van der Waals surface area contributed by atoms with Gasteiger partial charge in [0.15, 0.2) is 5.65 Å². The Morgan fingerprint density at radius 3 is 2.43 bits per heavy atom. The Morgan fingerprint density at radius 1 is 1.11 bits per heavy atom. The van der Waals surface area contributed by atoms with Crippen molar-refractivity contribution >= 4 is 37.6 Å². The zero-order valence-electron chi connectivity index (χ0n) is 19.8. The molecule has 2 aromatic carbocycles. The van der Waals surface area contributed by atoms with E-state index in [9.17, 15) is 22.2 Å². The predicted octanol–water partition coefficient (Wildman–Crippen LogP) is 4.73. The van der Waals surface area contributed by atoms with Gasteiger partial charge in [0.05, 0.1) is 20.8 Å². The third kappa shape index (κ3) is 5.25. The van der Waals surface area contributed by atoms with Crippen molar-refractivity contribution in [3.8, 4) is 5.69 Å². The monoisotopic (exact) mass is 505 g/mol. The van der Waals surface area contributed by atoms with E-state index >= 15 is 0 Å². The number of aromatic nitrogens is 3. The first-order valence-electron chi connectivity index (χ1n) is 10.9. The summed E-state index contributed by atoms with van der Waals surface area (Å²) in [5, 5.41) is 5.91. The van der Waals surface area contributed by atoms with Crippen molar-refractivity contribution in [1.29, 1.82) is 0 Å².